The molecule has 4 rings (SSSR count). The first kappa shape index (κ1) is 25.4. The summed E-state index contributed by atoms with van der Waals surface area (Å²) in [5.41, 5.74) is 2.60. The van der Waals surface area contributed by atoms with Gasteiger partial charge in [0.25, 0.3) is 0 Å². The molecule has 1 aliphatic heterocycles. The van der Waals surface area contributed by atoms with Crippen molar-refractivity contribution in [3.05, 3.63) is 35.3 Å². The number of ether oxygens (including phenoxy) is 1. The van der Waals surface area contributed by atoms with Crippen molar-refractivity contribution in [2.45, 2.75) is 63.6 Å². The Labute approximate surface area is 203 Å². The number of amides is 1. The van der Waals surface area contributed by atoms with E-state index < -0.39 is 12.8 Å². The molecule has 0 radical (unpaired) electrons. The van der Waals surface area contributed by atoms with Crippen LogP contribution in [0.25, 0.3) is 0 Å². The van der Waals surface area contributed by atoms with E-state index in [1.54, 1.807) is 13.2 Å². The number of hydrogen-bond donors (Lipinski definition) is 1. The van der Waals surface area contributed by atoms with Gasteiger partial charge in [-0.05, 0) is 56.6 Å². The Morgan fingerprint density at radius 1 is 1.17 bits per heavy atom. The lowest BCUT2D eigenvalue weighted by Gasteiger charge is -2.30. The van der Waals surface area contributed by atoms with E-state index in [2.05, 4.69) is 25.4 Å². The number of aryl methyl sites for hydroxylation is 1. The lowest BCUT2D eigenvalue weighted by molar-refractivity contribution is -0.154. The van der Waals surface area contributed by atoms with Crippen molar-refractivity contribution in [1.29, 1.82) is 0 Å². The Hall–Kier alpha value is -2.69. The number of halogens is 3. The van der Waals surface area contributed by atoms with Crippen LogP contribution in [0, 0.1) is 5.92 Å². The molecule has 3 heterocycles. The number of rotatable bonds is 8. The Bertz CT molecular complexity index is 988. The fraction of sp³-hybridized carbons (Fsp3) is 0.667. The summed E-state index contributed by atoms with van der Waals surface area (Å²) < 4.78 is 42.0. The lowest BCUT2D eigenvalue weighted by Crippen LogP contribution is -2.39. The molecule has 0 atom stereocenters. The molecule has 1 saturated carbocycles. The fourth-order valence-electron chi connectivity index (χ4n) is 4.94. The molecular formula is C24H33F3N6O2. The van der Waals surface area contributed by atoms with E-state index in [9.17, 15) is 18.0 Å². The van der Waals surface area contributed by atoms with Crippen molar-refractivity contribution in [3.63, 3.8) is 0 Å². The van der Waals surface area contributed by atoms with Crippen molar-refractivity contribution in [2.24, 2.45) is 13.0 Å². The smallest absolute Gasteiger partial charge is 0.422 e. The van der Waals surface area contributed by atoms with Gasteiger partial charge >= 0.3 is 6.18 Å². The summed E-state index contributed by atoms with van der Waals surface area (Å²) in [5, 5.41) is 11.3. The number of carbonyl (C=O) groups is 1. The van der Waals surface area contributed by atoms with Gasteiger partial charge in [-0.1, -0.05) is 6.07 Å². The van der Waals surface area contributed by atoms with Crippen molar-refractivity contribution in [3.8, 4) is 5.88 Å². The molecule has 2 aromatic heterocycles. The molecule has 11 heteroatoms. The predicted octanol–water partition coefficient (Wildman–Crippen LogP) is 2.86. The Balaban J connectivity index is 1.16. The molecule has 0 spiro atoms. The number of alkyl halides is 3. The molecule has 1 aliphatic carbocycles. The van der Waals surface area contributed by atoms with Gasteiger partial charge in [0, 0.05) is 44.4 Å². The lowest BCUT2D eigenvalue weighted by atomic mass is 9.84. The van der Waals surface area contributed by atoms with Crippen LogP contribution < -0.4 is 10.1 Å². The average molecular weight is 495 g/mol. The zero-order valence-corrected chi connectivity index (χ0v) is 20.1. The molecule has 2 aliphatic rings. The molecule has 1 fully saturated rings. The molecule has 8 nitrogen and oxygen atoms in total. The number of pyridine rings is 1. The summed E-state index contributed by atoms with van der Waals surface area (Å²) in [6, 6.07) is 3.60. The molecule has 35 heavy (non-hydrogen) atoms. The molecule has 1 amide bonds. The molecule has 0 bridgehead atoms. The second-order valence-corrected chi connectivity index (χ2v) is 9.58. The number of carbonyl (C=O) groups excluding carboxylic acids is 1. The molecule has 0 aromatic carbocycles. The first-order valence-electron chi connectivity index (χ1n) is 12.3. The van der Waals surface area contributed by atoms with E-state index in [0.29, 0.717) is 18.0 Å². The zero-order chi connectivity index (χ0) is 24.8. The Morgan fingerprint density at radius 2 is 1.94 bits per heavy atom. The summed E-state index contributed by atoms with van der Waals surface area (Å²) in [6.45, 7) is 1.44. The van der Waals surface area contributed by atoms with E-state index >= 15 is 0 Å². The van der Waals surface area contributed by atoms with E-state index in [-0.39, 0.29) is 24.2 Å². The maximum absolute atomic E-state index is 12.4. The van der Waals surface area contributed by atoms with Crippen LogP contribution in [0.2, 0.25) is 0 Å². The summed E-state index contributed by atoms with van der Waals surface area (Å²) in [4.78, 5) is 20.5. The highest BCUT2D eigenvalue weighted by Crippen LogP contribution is 2.28. The van der Waals surface area contributed by atoms with Crippen LogP contribution in [0.3, 0.4) is 0 Å². The first-order valence-corrected chi connectivity index (χ1v) is 12.3. The van der Waals surface area contributed by atoms with Gasteiger partial charge in [-0.15, -0.1) is 0 Å². The van der Waals surface area contributed by atoms with Crippen LogP contribution in [0.1, 0.15) is 49.1 Å². The van der Waals surface area contributed by atoms with Gasteiger partial charge in [-0.2, -0.15) is 28.2 Å². The molecule has 0 unspecified atom stereocenters. The molecule has 2 aromatic rings. The van der Waals surface area contributed by atoms with Gasteiger partial charge in [0.2, 0.25) is 11.8 Å². The minimum Gasteiger partial charge on any atom is -0.468 e. The van der Waals surface area contributed by atoms with Gasteiger partial charge < -0.3 is 15.0 Å². The van der Waals surface area contributed by atoms with E-state index in [0.717, 1.165) is 69.4 Å². The van der Waals surface area contributed by atoms with E-state index in [1.807, 2.05) is 6.07 Å². The fourth-order valence-corrected chi connectivity index (χ4v) is 4.94. The summed E-state index contributed by atoms with van der Waals surface area (Å²) in [6.07, 6.45) is 4.37. The third-order valence-electron chi connectivity index (χ3n) is 6.84. The SMILES string of the molecule is Cn1ncc(CC(=O)NC2CCC(CCN3CCc4ccc(OCC(F)(F)F)nc4CC3)CC2)n1. The van der Waals surface area contributed by atoms with Crippen molar-refractivity contribution >= 4 is 5.91 Å². The summed E-state index contributed by atoms with van der Waals surface area (Å²) in [5.74, 6) is 0.683. The summed E-state index contributed by atoms with van der Waals surface area (Å²) >= 11 is 0. The topological polar surface area (TPSA) is 85.2 Å². The highest BCUT2D eigenvalue weighted by molar-refractivity contribution is 5.78. The van der Waals surface area contributed by atoms with E-state index in [1.165, 1.54) is 10.9 Å². The average Bonchev–Trinajstić information content (AvgIpc) is 3.10. The maximum Gasteiger partial charge on any atom is 0.422 e. The number of nitrogens with one attached hydrogen (secondary N) is 1. The minimum absolute atomic E-state index is 0.00124. The largest absolute Gasteiger partial charge is 0.468 e. The van der Waals surface area contributed by atoms with Crippen LogP contribution in [-0.2, 0) is 31.1 Å². The Morgan fingerprint density at radius 3 is 2.66 bits per heavy atom. The normalized spacial score (nSPS) is 21.3. The maximum atomic E-state index is 12.4. The number of aromatic nitrogens is 4. The van der Waals surface area contributed by atoms with Gasteiger partial charge in [-0.3, -0.25) is 4.79 Å². The first-order chi connectivity index (χ1) is 16.7. The second-order valence-electron chi connectivity index (χ2n) is 9.58. The second kappa shape index (κ2) is 11.4. The van der Waals surface area contributed by atoms with Crippen molar-refractivity contribution in [1.82, 2.24) is 30.2 Å². The predicted molar refractivity (Wildman–Crippen MR) is 123 cm³/mol. The standard InChI is InChI=1S/C24H33F3N6O2/c1-32-28-15-20(31-32)14-22(34)29-19-5-2-17(3-6-19)8-11-33-12-9-18-4-7-23(30-21(18)10-13-33)35-16-24(25,26)27/h4,7,15,17,19H,2-3,5-6,8-14,16H2,1H3,(H,29,34). The van der Waals surface area contributed by atoms with Gasteiger partial charge in [0.15, 0.2) is 6.61 Å². The highest BCUT2D eigenvalue weighted by Gasteiger charge is 2.29. The van der Waals surface area contributed by atoms with Gasteiger partial charge in [0.1, 0.15) is 0 Å². The quantitative estimate of drug-likeness (QED) is 0.608. The van der Waals surface area contributed by atoms with Gasteiger partial charge in [0.05, 0.1) is 18.3 Å². The Kier molecular flexibility index (Phi) is 8.25. The number of nitrogens with zero attached hydrogens (tertiary/aromatic N) is 5. The molecule has 192 valence electrons. The van der Waals surface area contributed by atoms with Crippen LogP contribution in [-0.4, -0.2) is 69.2 Å². The van der Waals surface area contributed by atoms with Crippen molar-refractivity contribution < 1.29 is 22.7 Å². The van der Waals surface area contributed by atoms with Crippen LogP contribution in [0.5, 0.6) is 5.88 Å². The van der Waals surface area contributed by atoms with Crippen molar-refractivity contribution in [2.75, 3.05) is 26.2 Å². The number of hydrogen-bond acceptors (Lipinski definition) is 6. The zero-order valence-electron chi connectivity index (χ0n) is 20.1. The van der Waals surface area contributed by atoms with Gasteiger partial charge in [-0.25, -0.2) is 4.98 Å². The highest BCUT2D eigenvalue weighted by atomic mass is 19.4. The van der Waals surface area contributed by atoms with E-state index in [4.69, 9.17) is 4.74 Å². The number of fused-ring (bicyclic) bond motifs is 1. The van der Waals surface area contributed by atoms with Crippen LogP contribution >= 0.6 is 0 Å². The molecular weight excluding hydrogens is 461 g/mol. The van der Waals surface area contributed by atoms with Crippen LogP contribution in [0.15, 0.2) is 18.3 Å². The van der Waals surface area contributed by atoms with Crippen LogP contribution in [0.4, 0.5) is 13.2 Å². The molecule has 1 N–H and O–H groups in total. The third kappa shape index (κ3) is 7.91. The monoisotopic (exact) mass is 494 g/mol. The minimum atomic E-state index is -4.37. The third-order valence-corrected chi connectivity index (χ3v) is 6.84. The molecule has 0 saturated heterocycles. The summed E-state index contributed by atoms with van der Waals surface area (Å²) in [7, 11) is 1.73.